The van der Waals surface area contributed by atoms with Crippen LogP contribution in [0.5, 0.6) is 0 Å². The monoisotopic (exact) mass is 555 g/mol. The first-order chi connectivity index (χ1) is 25.1. The summed E-state index contributed by atoms with van der Waals surface area (Å²) in [7, 11) is 0. The Kier molecular flexibility index (Phi) is 3.67. The van der Waals surface area contributed by atoms with Crippen molar-refractivity contribution in [2.24, 2.45) is 0 Å². The molecule has 0 amide bonds. The van der Waals surface area contributed by atoms with E-state index in [1.54, 1.807) is 0 Å². The third-order valence-corrected chi connectivity index (χ3v) is 8.21. The highest BCUT2D eigenvalue weighted by molar-refractivity contribution is 6.27. The highest BCUT2D eigenvalue weighted by Crippen LogP contribution is 2.47. The molecule has 0 atom stereocenters. The summed E-state index contributed by atoms with van der Waals surface area (Å²) >= 11 is 0. The van der Waals surface area contributed by atoms with E-state index in [-0.39, 0.29) is 62.4 Å². The SMILES string of the molecule is [2H]c1c([2H])c(-c2c3ccccc3c(-c3ccc(-c4ccccc4)cc3)c3ccccc23)c2c(oc3c4c([2H])c([2H])c([2H])c([2H])c4c([2H])c([2H])c32)c1[2H]. The molecule has 0 saturated heterocycles. The van der Waals surface area contributed by atoms with Crippen molar-refractivity contribution in [2.75, 3.05) is 0 Å². The maximum absolute atomic E-state index is 9.39. The van der Waals surface area contributed by atoms with Crippen molar-refractivity contribution in [1.82, 2.24) is 0 Å². The third kappa shape index (κ3) is 3.65. The first-order valence-corrected chi connectivity index (χ1v) is 14.0. The normalized spacial score (nSPS) is 14.7. The predicted octanol–water partition coefficient (Wildman–Crippen LogP) is 12.0. The lowest BCUT2D eigenvalue weighted by Gasteiger charge is -2.18. The average Bonchev–Trinajstić information content (AvgIpc) is 3.57. The van der Waals surface area contributed by atoms with E-state index >= 15 is 0 Å². The maximum atomic E-state index is 9.39. The van der Waals surface area contributed by atoms with Crippen LogP contribution in [0.4, 0.5) is 0 Å². The van der Waals surface area contributed by atoms with Gasteiger partial charge >= 0.3 is 0 Å². The van der Waals surface area contributed by atoms with Gasteiger partial charge in [-0.15, -0.1) is 0 Å². The number of hydrogen-bond acceptors (Lipinski definition) is 1. The van der Waals surface area contributed by atoms with Gasteiger partial charge in [0.25, 0.3) is 0 Å². The molecule has 1 heterocycles. The predicted molar refractivity (Wildman–Crippen MR) is 183 cm³/mol. The topological polar surface area (TPSA) is 13.1 Å². The minimum absolute atomic E-state index is 0.0586. The van der Waals surface area contributed by atoms with E-state index in [2.05, 4.69) is 36.4 Å². The van der Waals surface area contributed by atoms with Gasteiger partial charge in [-0.25, -0.2) is 0 Å². The Bertz CT molecular complexity index is 2930. The van der Waals surface area contributed by atoms with Gasteiger partial charge < -0.3 is 4.42 Å². The molecular weight excluding hydrogens is 520 g/mol. The van der Waals surface area contributed by atoms with Crippen LogP contribution in [0.15, 0.2) is 162 Å². The van der Waals surface area contributed by atoms with E-state index in [0.29, 0.717) is 5.56 Å². The Hall–Kier alpha value is -5.66. The van der Waals surface area contributed by atoms with E-state index in [9.17, 15) is 2.74 Å². The zero-order valence-electron chi connectivity index (χ0n) is 31.7. The Morgan fingerprint density at radius 2 is 1.02 bits per heavy atom. The number of hydrogen-bond donors (Lipinski definition) is 0. The lowest BCUT2D eigenvalue weighted by Crippen LogP contribution is -1.91. The van der Waals surface area contributed by atoms with Crippen LogP contribution >= 0.6 is 0 Å². The molecule has 0 aliphatic rings. The average molecular weight is 556 g/mol. The van der Waals surface area contributed by atoms with E-state index in [4.69, 9.17) is 14.0 Å². The third-order valence-electron chi connectivity index (χ3n) is 8.21. The van der Waals surface area contributed by atoms with E-state index in [1.165, 1.54) is 0 Å². The van der Waals surface area contributed by atoms with Crippen LogP contribution in [0.1, 0.15) is 12.3 Å². The summed E-state index contributed by atoms with van der Waals surface area (Å²) in [5.41, 5.74) is 4.83. The van der Waals surface area contributed by atoms with Crippen molar-refractivity contribution in [2.45, 2.75) is 0 Å². The van der Waals surface area contributed by atoms with Crippen molar-refractivity contribution in [3.8, 4) is 33.4 Å². The Balaban J connectivity index is 1.45. The van der Waals surface area contributed by atoms with Gasteiger partial charge in [-0.1, -0.05) is 145 Å². The van der Waals surface area contributed by atoms with Gasteiger partial charge in [-0.2, -0.15) is 0 Å². The van der Waals surface area contributed by atoms with Crippen molar-refractivity contribution >= 4 is 54.3 Å². The summed E-state index contributed by atoms with van der Waals surface area (Å²) < 4.78 is 85.6. The lowest BCUT2D eigenvalue weighted by molar-refractivity contribution is 0.673. The Morgan fingerprint density at radius 1 is 0.419 bits per heavy atom. The molecule has 0 N–H and O–H groups in total. The molecule has 0 unspecified atom stereocenters. The lowest BCUT2D eigenvalue weighted by atomic mass is 9.84. The van der Waals surface area contributed by atoms with Gasteiger partial charge in [-0.3, -0.25) is 0 Å². The molecule has 0 fully saturated rings. The molecule has 9 rings (SSSR count). The first kappa shape index (κ1) is 16.7. The fraction of sp³-hybridized carbons (Fsp3) is 0. The number of furan rings is 1. The summed E-state index contributed by atoms with van der Waals surface area (Å²) in [5.74, 6) is 0. The highest BCUT2D eigenvalue weighted by atomic mass is 16.3. The van der Waals surface area contributed by atoms with Gasteiger partial charge in [0.15, 0.2) is 0 Å². The molecule has 200 valence electrons. The van der Waals surface area contributed by atoms with Crippen LogP contribution in [-0.2, 0) is 0 Å². The fourth-order valence-corrected chi connectivity index (χ4v) is 6.32. The quantitative estimate of drug-likeness (QED) is 0.198. The Morgan fingerprint density at radius 3 is 1.74 bits per heavy atom. The largest absolute Gasteiger partial charge is 0.455 e. The molecule has 0 spiro atoms. The summed E-state index contributed by atoms with van der Waals surface area (Å²) in [4.78, 5) is 0. The van der Waals surface area contributed by atoms with Crippen LogP contribution in [0.3, 0.4) is 0 Å². The van der Waals surface area contributed by atoms with E-state index in [0.717, 1.165) is 43.8 Å². The smallest absolute Gasteiger partial charge is 0.143 e. The van der Waals surface area contributed by atoms with Gasteiger partial charge in [0.1, 0.15) is 11.2 Å². The molecule has 0 aliphatic carbocycles. The first-order valence-electron chi connectivity index (χ1n) is 18.5. The number of rotatable bonds is 3. The van der Waals surface area contributed by atoms with Crippen LogP contribution < -0.4 is 0 Å². The van der Waals surface area contributed by atoms with Gasteiger partial charge in [0.2, 0.25) is 0 Å². The second kappa shape index (κ2) is 9.44. The summed E-state index contributed by atoms with van der Waals surface area (Å²) in [6, 6.07) is 30.4. The van der Waals surface area contributed by atoms with Crippen LogP contribution in [0.25, 0.3) is 87.6 Å². The van der Waals surface area contributed by atoms with Crippen molar-refractivity contribution in [3.05, 3.63) is 158 Å². The molecular formula is C42H26O. The molecule has 0 aliphatic heterocycles. The van der Waals surface area contributed by atoms with Crippen LogP contribution in [-0.4, -0.2) is 0 Å². The van der Waals surface area contributed by atoms with E-state index < -0.39 is 30.2 Å². The number of fused-ring (bicyclic) bond motifs is 7. The molecule has 1 aromatic heterocycles. The molecule has 0 saturated carbocycles. The van der Waals surface area contributed by atoms with Crippen molar-refractivity contribution in [3.63, 3.8) is 0 Å². The molecule has 0 radical (unpaired) electrons. The fourth-order valence-electron chi connectivity index (χ4n) is 6.32. The van der Waals surface area contributed by atoms with Gasteiger partial charge in [0, 0.05) is 16.2 Å². The zero-order valence-corrected chi connectivity index (χ0v) is 22.7. The molecule has 0 bridgehead atoms. The second-order valence-electron chi connectivity index (χ2n) is 10.5. The van der Waals surface area contributed by atoms with Crippen molar-refractivity contribution in [1.29, 1.82) is 0 Å². The molecule has 8 aromatic carbocycles. The van der Waals surface area contributed by atoms with Crippen LogP contribution in [0, 0.1) is 0 Å². The van der Waals surface area contributed by atoms with Gasteiger partial charge in [0.05, 0.1) is 12.3 Å². The second-order valence-corrected chi connectivity index (χ2v) is 10.5. The summed E-state index contributed by atoms with van der Waals surface area (Å²) in [6.45, 7) is 0. The molecule has 43 heavy (non-hydrogen) atoms. The van der Waals surface area contributed by atoms with Crippen LogP contribution in [0.2, 0.25) is 0 Å². The molecule has 9 aromatic rings. The maximum Gasteiger partial charge on any atom is 0.143 e. The minimum Gasteiger partial charge on any atom is -0.455 e. The summed E-state index contributed by atoms with van der Waals surface area (Å²) in [6.07, 6.45) is 0. The standard InChI is InChI=1S/C42H26O/c1-2-11-27(12-3-1)28-21-23-30(24-22-28)39-32-15-6-8-17-34(32)40(35-18-9-7-16-33(35)39)36-19-10-20-38-41(36)37-26-25-29-13-4-5-14-31(29)42(37)43-38/h1-26H/i4D,5D,10D,13D,14D,19D,20D,25D,26D. The number of benzene rings is 8. The molecule has 1 heteroatoms. The van der Waals surface area contributed by atoms with Gasteiger partial charge in [-0.05, 0) is 72.4 Å². The summed E-state index contributed by atoms with van der Waals surface area (Å²) in [5, 5.41) is 3.31. The highest BCUT2D eigenvalue weighted by Gasteiger charge is 2.20. The van der Waals surface area contributed by atoms with Crippen molar-refractivity contribution < 1.29 is 16.8 Å². The molecule has 1 nitrogen and oxygen atoms in total. The Labute approximate surface area is 261 Å². The minimum atomic E-state index is -0.530. The van der Waals surface area contributed by atoms with E-state index in [1.807, 2.05) is 66.7 Å². The zero-order chi connectivity index (χ0) is 36.2.